The van der Waals surface area contributed by atoms with Gasteiger partial charge in [-0.2, -0.15) is 23.5 Å². The summed E-state index contributed by atoms with van der Waals surface area (Å²) in [5.41, 5.74) is 3.58. The maximum Gasteiger partial charge on any atom is 0.393 e. The van der Waals surface area contributed by atoms with Gasteiger partial charge in [0.2, 0.25) is 0 Å². The fourth-order valence-electron chi connectivity index (χ4n) is 5.30. The predicted molar refractivity (Wildman–Crippen MR) is 144 cm³/mol. The lowest BCUT2D eigenvalue weighted by molar-refractivity contribution is -0.126. The number of hydrogen-bond donors (Lipinski definition) is 2. The third-order valence-electron chi connectivity index (χ3n) is 7.17. The first-order chi connectivity index (χ1) is 19.2. The van der Waals surface area contributed by atoms with Crippen LogP contribution in [0.3, 0.4) is 0 Å². The minimum Gasteiger partial charge on any atom is -0.354 e. The lowest BCUT2D eigenvalue weighted by Crippen LogP contribution is -2.37. The van der Waals surface area contributed by atoms with Crippen molar-refractivity contribution in [3.8, 4) is 6.07 Å². The predicted octanol–water partition coefficient (Wildman–Crippen LogP) is 4.71. The van der Waals surface area contributed by atoms with Crippen LogP contribution in [0.1, 0.15) is 38.5 Å². The standard InChI is InChI=1S/C27H23F3N8OS/c1-15-20(2-3-23-21(15)6-18(9-31)38(23)12-16-10-34-35-11-16)25(39)36-17-4-5-37(13-17)24-22-7-19(8-27(28,29)30)40-26(22)33-14-32-24/h2-3,6-7,10-11,14,17H,4-5,8,12-13H2,1H3,(H,34,35)(H,36,39). The maximum absolute atomic E-state index is 13.3. The third-order valence-corrected chi connectivity index (χ3v) is 8.21. The number of rotatable bonds is 6. The number of aromatic amines is 1. The number of hydrogen-bond acceptors (Lipinski definition) is 7. The number of thiophene rings is 1. The minimum atomic E-state index is -4.29. The normalized spacial score (nSPS) is 15.7. The van der Waals surface area contributed by atoms with Crippen LogP contribution in [0.4, 0.5) is 19.0 Å². The summed E-state index contributed by atoms with van der Waals surface area (Å²) in [6.45, 7) is 3.42. The smallest absolute Gasteiger partial charge is 0.354 e. The van der Waals surface area contributed by atoms with Gasteiger partial charge >= 0.3 is 6.18 Å². The lowest BCUT2D eigenvalue weighted by Gasteiger charge is -2.19. The zero-order valence-electron chi connectivity index (χ0n) is 21.3. The number of fused-ring (bicyclic) bond motifs is 2. The van der Waals surface area contributed by atoms with Crippen LogP contribution in [0.5, 0.6) is 0 Å². The van der Waals surface area contributed by atoms with E-state index in [1.165, 1.54) is 12.4 Å². The fourth-order valence-corrected chi connectivity index (χ4v) is 6.32. The Bertz CT molecular complexity index is 1770. The van der Waals surface area contributed by atoms with E-state index in [4.69, 9.17) is 0 Å². The van der Waals surface area contributed by atoms with Gasteiger partial charge in [-0.25, -0.2) is 9.97 Å². The number of nitrogens with one attached hydrogen (secondary N) is 2. The van der Waals surface area contributed by atoms with Gasteiger partial charge in [0.25, 0.3) is 5.91 Å². The highest BCUT2D eigenvalue weighted by atomic mass is 32.1. The molecule has 1 unspecified atom stereocenters. The number of anilines is 1. The van der Waals surface area contributed by atoms with Gasteiger partial charge in [0.05, 0.1) is 24.5 Å². The van der Waals surface area contributed by atoms with E-state index in [9.17, 15) is 23.2 Å². The Morgan fingerprint density at radius 3 is 2.88 bits per heavy atom. The van der Waals surface area contributed by atoms with Crippen molar-refractivity contribution >= 4 is 44.2 Å². The Morgan fingerprint density at radius 2 is 2.12 bits per heavy atom. The van der Waals surface area contributed by atoms with Crippen molar-refractivity contribution in [3.05, 3.63) is 70.2 Å². The van der Waals surface area contributed by atoms with Crippen LogP contribution >= 0.6 is 11.3 Å². The first-order valence-corrected chi connectivity index (χ1v) is 13.4. The molecule has 0 aliphatic carbocycles. The molecule has 1 saturated heterocycles. The molecule has 1 atom stereocenters. The van der Waals surface area contributed by atoms with Crippen molar-refractivity contribution in [3.63, 3.8) is 0 Å². The fraction of sp³-hybridized carbons (Fsp3) is 0.296. The van der Waals surface area contributed by atoms with Gasteiger partial charge in [-0.1, -0.05) is 0 Å². The molecule has 204 valence electrons. The highest BCUT2D eigenvalue weighted by molar-refractivity contribution is 7.18. The molecule has 1 amide bonds. The Labute approximate surface area is 230 Å². The molecule has 1 aliphatic rings. The van der Waals surface area contributed by atoms with Gasteiger partial charge in [-0.05, 0) is 43.2 Å². The first-order valence-electron chi connectivity index (χ1n) is 12.6. The molecule has 6 rings (SSSR count). The van der Waals surface area contributed by atoms with Crippen molar-refractivity contribution in [1.82, 2.24) is 30.0 Å². The van der Waals surface area contributed by atoms with Gasteiger partial charge in [0, 0.05) is 52.2 Å². The molecule has 1 aromatic carbocycles. The minimum absolute atomic E-state index is 0.166. The number of alkyl halides is 3. The van der Waals surface area contributed by atoms with E-state index in [1.807, 2.05) is 22.5 Å². The summed E-state index contributed by atoms with van der Waals surface area (Å²) in [4.78, 5) is 24.5. The van der Waals surface area contributed by atoms with Crippen molar-refractivity contribution < 1.29 is 18.0 Å². The summed E-state index contributed by atoms with van der Waals surface area (Å²) in [7, 11) is 0. The van der Waals surface area contributed by atoms with Crippen LogP contribution in [-0.2, 0) is 13.0 Å². The number of H-pyrrole nitrogens is 1. The van der Waals surface area contributed by atoms with Gasteiger partial charge in [0.15, 0.2) is 0 Å². The Hall–Kier alpha value is -4.44. The number of halogens is 3. The Balaban J connectivity index is 1.20. The average Bonchev–Trinajstić information content (AvgIpc) is 3.70. The molecule has 5 aromatic rings. The molecule has 13 heteroatoms. The number of aromatic nitrogens is 5. The van der Waals surface area contributed by atoms with Crippen LogP contribution in [0.2, 0.25) is 0 Å². The average molecular weight is 565 g/mol. The molecule has 4 aromatic heterocycles. The molecule has 9 nitrogen and oxygen atoms in total. The zero-order valence-corrected chi connectivity index (χ0v) is 22.1. The number of amides is 1. The van der Waals surface area contributed by atoms with E-state index in [-0.39, 0.29) is 16.8 Å². The van der Waals surface area contributed by atoms with E-state index in [2.05, 4.69) is 31.6 Å². The second kappa shape index (κ2) is 9.95. The second-order valence-corrected chi connectivity index (χ2v) is 10.9. The van der Waals surface area contributed by atoms with E-state index < -0.39 is 12.6 Å². The monoisotopic (exact) mass is 564 g/mol. The largest absolute Gasteiger partial charge is 0.393 e. The molecule has 0 bridgehead atoms. The summed E-state index contributed by atoms with van der Waals surface area (Å²) in [5.74, 6) is 0.357. The van der Waals surface area contributed by atoms with Crippen molar-refractivity contribution in [2.75, 3.05) is 18.0 Å². The molecule has 1 fully saturated rings. The number of benzene rings is 1. The highest BCUT2D eigenvalue weighted by Gasteiger charge is 2.31. The molecule has 1 aliphatic heterocycles. The van der Waals surface area contributed by atoms with E-state index in [0.717, 1.165) is 33.4 Å². The lowest BCUT2D eigenvalue weighted by atomic mass is 10.0. The SMILES string of the molecule is Cc1c(C(=O)NC2CCN(c3ncnc4sc(CC(F)(F)F)cc34)C2)ccc2c1cc(C#N)n2Cc1cn[nH]c1. The zero-order chi connectivity index (χ0) is 28.0. The first kappa shape index (κ1) is 25.8. The molecular formula is C27H23F3N8OS. The summed E-state index contributed by atoms with van der Waals surface area (Å²) in [6, 6.07) is 9.01. The van der Waals surface area contributed by atoms with Crippen LogP contribution in [-0.4, -0.2) is 55.9 Å². The molecule has 2 N–H and O–H groups in total. The molecule has 5 heterocycles. The number of aryl methyl sites for hydroxylation is 1. The van der Waals surface area contributed by atoms with Crippen LogP contribution in [0, 0.1) is 18.3 Å². The van der Waals surface area contributed by atoms with Gasteiger partial charge in [-0.3, -0.25) is 9.89 Å². The number of nitriles is 1. The molecule has 40 heavy (non-hydrogen) atoms. The summed E-state index contributed by atoms with van der Waals surface area (Å²) >= 11 is 1.02. The Kier molecular flexibility index (Phi) is 6.42. The Morgan fingerprint density at radius 1 is 1.27 bits per heavy atom. The van der Waals surface area contributed by atoms with Gasteiger partial charge in [-0.15, -0.1) is 11.3 Å². The van der Waals surface area contributed by atoms with Crippen LogP contribution in [0.15, 0.2) is 43.0 Å². The third kappa shape index (κ3) is 4.86. The van der Waals surface area contributed by atoms with E-state index in [1.54, 1.807) is 24.5 Å². The van der Waals surface area contributed by atoms with Gasteiger partial charge < -0.3 is 14.8 Å². The van der Waals surface area contributed by atoms with Gasteiger partial charge in [0.1, 0.15) is 28.7 Å². The van der Waals surface area contributed by atoms with Crippen LogP contribution in [0.25, 0.3) is 21.1 Å². The van der Waals surface area contributed by atoms with E-state index in [0.29, 0.717) is 53.3 Å². The van der Waals surface area contributed by atoms with Crippen LogP contribution < -0.4 is 10.2 Å². The summed E-state index contributed by atoms with van der Waals surface area (Å²) in [6.07, 6.45) is 0.218. The molecular weight excluding hydrogens is 541 g/mol. The van der Waals surface area contributed by atoms with Crippen molar-refractivity contribution in [1.29, 1.82) is 5.26 Å². The molecule has 0 spiro atoms. The number of nitrogens with zero attached hydrogens (tertiary/aromatic N) is 6. The van der Waals surface area contributed by atoms with Crippen molar-refractivity contribution in [2.45, 2.75) is 38.5 Å². The maximum atomic E-state index is 13.3. The number of carbonyl (C=O) groups excluding carboxylic acids is 1. The topological polar surface area (TPSA) is 116 Å². The van der Waals surface area contributed by atoms with E-state index >= 15 is 0 Å². The van der Waals surface area contributed by atoms with Crippen molar-refractivity contribution in [2.24, 2.45) is 0 Å². The summed E-state index contributed by atoms with van der Waals surface area (Å²) in [5, 5.41) is 21.0. The molecule has 0 radical (unpaired) electrons. The molecule has 0 saturated carbocycles. The highest BCUT2D eigenvalue weighted by Crippen LogP contribution is 2.35. The second-order valence-electron chi connectivity index (χ2n) is 9.83. The number of carbonyl (C=O) groups is 1. The quantitative estimate of drug-likeness (QED) is 0.309. The summed E-state index contributed by atoms with van der Waals surface area (Å²) < 4.78 is 40.6.